The molecular weight excluding hydrogens is 290 g/mol. The Hall–Kier alpha value is -1.23. The fourth-order valence-electron chi connectivity index (χ4n) is 1.31. The summed E-state index contributed by atoms with van der Waals surface area (Å²) in [6.07, 6.45) is -0.514. The van der Waals surface area contributed by atoms with E-state index in [1.54, 1.807) is 27.8 Å². The summed E-state index contributed by atoms with van der Waals surface area (Å²) in [5.41, 5.74) is -0.567. The third kappa shape index (κ3) is 6.85. The predicted octanol–water partition coefficient (Wildman–Crippen LogP) is 3.90. The molecular formula is C15H28ClN3O2. The van der Waals surface area contributed by atoms with Crippen molar-refractivity contribution in [2.75, 3.05) is 14.1 Å². The maximum Gasteiger partial charge on any atom is 0.415 e. The zero-order valence-electron chi connectivity index (χ0n) is 14.4. The zero-order chi connectivity index (χ0) is 17.0. The number of nitrogens with zero attached hydrogens (tertiary/aromatic N) is 3. The van der Waals surface area contributed by atoms with Crippen LogP contribution in [-0.2, 0) is 4.74 Å². The van der Waals surface area contributed by atoms with Crippen LogP contribution in [0.15, 0.2) is 17.4 Å². The molecule has 0 aromatic heterocycles. The van der Waals surface area contributed by atoms with Crippen LogP contribution in [0.25, 0.3) is 0 Å². The molecule has 1 unspecified atom stereocenters. The molecule has 0 saturated heterocycles. The number of carbonyl (C=O) groups is 1. The number of hydrogen-bond acceptors (Lipinski definition) is 3. The van der Waals surface area contributed by atoms with Gasteiger partial charge in [-0.05, 0) is 45.2 Å². The Kier molecular flexibility index (Phi) is 7.24. The van der Waals surface area contributed by atoms with Crippen molar-refractivity contribution in [3.63, 3.8) is 0 Å². The van der Waals surface area contributed by atoms with Crippen LogP contribution in [0.4, 0.5) is 4.79 Å². The van der Waals surface area contributed by atoms with E-state index in [2.05, 4.69) is 32.3 Å². The average molecular weight is 318 g/mol. The number of amidine groups is 1. The van der Waals surface area contributed by atoms with Gasteiger partial charge in [-0.25, -0.2) is 9.79 Å². The first kappa shape index (κ1) is 19.8. The number of rotatable bonds is 4. The Balaban J connectivity index is 4.86. The molecule has 0 aliphatic rings. The molecule has 0 aliphatic heterocycles. The van der Waals surface area contributed by atoms with Crippen molar-refractivity contribution in [2.45, 2.75) is 53.2 Å². The Morgan fingerprint density at radius 3 is 2.10 bits per heavy atom. The summed E-state index contributed by atoms with van der Waals surface area (Å²) in [6.45, 7) is 15.4. The van der Waals surface area contributed by atoms with Gasteiger partial charge in [0.15, 0.2) is 5.29 Å². The molecule has 0 aromatic carbocycles. The Bertz CT molecular complexity index is 414. The smallest absolute Gasteiger partial charge is 0.415 e. The highest BCUT2D eigenvalue weighted by atomic mass is 35.5. The van der Waals surface area contributed by atoms with E-state index in [1.165, 1.54) is 4.90 Å². The molecule has 0 aliphatic carbocycles. The Labute approximate surface area is 133 Å². The molecule has 0 saturated carbocycles. The van der Waals surface area contributed by atoms with Gasteiger partial charge in [0.25, 0.3) is 0 Å². The number of aliphatic imine (C=N–C) groups is 1. The van der Waals surface area contributed by atoms with Crippen LogP contribution in [0, 0.1) is 5.92 Å². The third-order valence-corrected chi connectivity index (χ3v) is 3.49. The lowest BCUT2D eigenvalue weighted by Gasteiger charge is -2.29. The monoisotopic (exact) mass is 317 g/mol. The minimum absolute atomic E-state index is 0.223. The second-order valence-corrected chi connectivity index (χ2v) is 6.77. The number of ether oxygens (including phenoxy) is 1. The summed E-state index contributed by atoms with van der Waals surface area (Å²) < 4.78 is 5.25. The lowest BCUT2D eigenvalue weighted by atomic mass is 10.1. The average Bonchev–Trinajstić information content (AvgIpc) is 2.33. The lowest BCUT2D eigenvalue weighted by molar-refractivity contribution is 0.0352. The van der Waals surface area contributed by atoms with Crippen LogP contribution in [-0.4, -0.2) is 46.9 Å². The first-order chi connectivity index (χ1) is 9.36. The first-order valence-electron chi connectivity index (χ1n) is 6.99. The van der Waals surface area contributed by atoms with Crippen LogP contribution >= 0.6 is 11.6 Å². The van der Waals surface area contributed by atoms with Crippen LogP contribution in [0.2, 0.25) is 0 Å². The molecule has 0 bridgehead atoms. The highest BCUT2D eigenvalue weighted by molar-refractivity contribution is 6.64. The van der Waals surface area contributed by atoms with Gasteiger partial charge in [-0.2, -0.15) is 0 Å². The van der Waals surface area contributed by atoms with Crippen LogP contribution < -0.4 is 0 Å². The topological polar surface area (TPSA) is 45.1 Å². The summed E-state index contributed by atoms with van der Waals surface area (Å²) in [5.74, 6) is 0.660. The normalized spacial score (nSPS) is 13.9. The predicted molar refractivity (Wildman–Crippen MR) is 88.5 cm³/mol. The standard InChI is InChI=1S/C15H28ClN3O2/c1-10(2)11(3)18(8)13(16)17-12(4)19(9)14(20)21-15(5,6)7/h10-11H,4H2,1-3,5-9H3/b17-13+. The first-order valence-corrected chi connectivity index (χ1v) is 7.37. The molecule has 0 aromatic rings. The number of amides is 1. The van der Waals surface area contributed by atoms with Gasteiger partial charge < -0.3 is 9.64 Å². The van der Waals surface area contributed by atoms with Crippen LogP contribution in [0.1, 0.15) is 41.5 Å². The number of carbonyl (C=O) groups excluding carboxylic acids is 1. The maximum absolute atomic E-state index is 11.9. The Morgan fingerprint density at radius 1 is 1.24 bits per heavy atom. The van der Waals surface area contributed by atoms with Gasteiger partial charge in [0.05, 0.1) is 0 Å². The number of hydrogen-bond donors (Lipinski definition) is 0. The van der Waals surface area contributed by atoms with Crippen molar-refractivity contribution < 1.29 is 9.53 Å². The van der Waals surface area contributed by atoms with Gasteiger partial charge in [0, 0.05) is 20.1 Å². The molecule has 122 valence electrons. The van der Waals surface area contributed by atoms with E-state index in [0.717, 1.165) is 0 Å². The highest BCUT2D eigenvalue weighted by Gasteiger charge is 2.22. The summed E-state index contributed by atoms with van der Waals surface area (Å²) in [7, 11) is 3.41. The van der Waals surface area contributed by atoms with E-state index < -0.39 is 11.7 Å². The lowest BCUT2D eigenvalue weighted by Crippen LogP contribution is -2.37. The van der Waals surface area contributed by atoms with E-state index >= 15 is 0 Å². The maximum atomic E-state index is 11.9. The van der Waals surface area contributed by atoms with Crippen molar-refractivity contribution in [1.82, 2.24) is 9.80 Å². The summed E-state index contributed by atoms with van der Waals surface area (Å²) >= 11 is 6.18. The fourth-order valence-corrected chi connectivity index (χ4v) is 1.56. The molecule has 0 N–H and O–H groups in total. The van der Waals surface area contributed by atoms with Gasteiger partial charge in [0.1, 0.15) is 11.4 Å². The molecule has 1 atom stereocenters. The van der Waals surface area contributed by atoms with Crippen molar-refractivity contribution in [1.29, 1.82) is 0 Å². The van der Waals surface area contributed by atoms with E-state index in [1.807, 2.05) is 11.9 Å². The Morgan fingerprint density at radius 2 is 1.71 bits per heavy atom. The number of halogens is 1. The molecule has 0 rings (SSSR count). The van der Waals surface area contributed by atoms with Gasteiger partial charge in [-0.15, -0.1) is 0 Å². The largest absolute Gasteiger partial charge is 0.443 e. The molecule has 0 heterocycles. The third-order valence-electron chi connectivity index (χ3n) is 3.14. The second kappa shape index (κ2) is 7.69. The molecule has 5 nitrogen and oxygen atoms in total. The van der Waals surface area contributed by atoms with Crippen molar-refractivity contribution in [3.05, 3.63) is 12.4 Å². The van der Waals surface area contributed by atoms with Crippen molar-refractivity contribution in [2.24, 2.45) is 10.9 Å². The quantitative estimate of drug-likeness (QED) is 0.449. The molecule has 21 heavy (non-hydrogen) atoms. The van der Waals surface area contributed by atoms with Gasteiger partial charge >= 0.3 is 6.09 Å². The fraction of sp³-hybridized carbons (Fsp3) is 0.733. The molecule has 0 radical (unpaired) electrons. The van der Waals surface area contributed by atoms with Gasteiger partial charge in [-0.3, -0.25) is 4.90 Å². The minimum Gasteiger partial charge on any atom is -0.443 e. The van der Waals surface area contributed by atoms with Crippen molar-refractivity contribution >= 4 is 23.0 Å². The van der Waals surface area contributed by atoms with Crippen LogP contribution in [0.3, 0.4) is 0 Å². The highest BCUT2D eigenvalue weighted by Crippen LogP contribution is 2.15. The van der Waals surface area contributed by atoms with E-state index in [-0.39, 0.29) is 17.2 Å². The van der Waals surface area contributed by atoms with E-state index in [9.17, 15) is 4.79 Å². The van der Waals surface area contributed by atoms with E-state index in [0.29, 0.717) is 5.92 Å². The van der Waals surface area contributed by atoms with Crippen molar-refractivity contribution in [3.8, 4) is 0 Å². The van der Waals surface area contributed by atoms with E-state index in [4.69, 9.17) is 16.3 Å². The molecule has 0 spiro atoms. The van der Waals surface area contributed by atoms with Crippen LogP contribution in [0.5, 0.6) is 0 Å². The summed E-state index contributed by atoms with van der Waals surface area (Å²) in [5, 5.41) is 0.289. The van der Waals surface area contributed by atoms with Gasteiger partial charge in [0.2, 0.25) is 0 Å². The second-order valence-electron chi connectivity index (χ2n) is 6.43. The van der Waals surface area contributed by atoms with Gasteiger partial charge in [-0.1, -0.05) is 20.4 Å². The minimum atomic E-state index is -0.567. The molecule has 1 amide bonds. The summed E-state index contributed by atoms with van der Waals surface area (Å²) in [4.78, 5) is 19.2. The zero-order valence-corrected chi connectivity index (χ0v) is 15.2. The molecule has 0 fully saturated rings. The summed E-state index contributed by atoms with van der Waals surface area (Å²) in [6, 6.07) is 0.223. The SMILES string of the molecule is C=C(/N=C(\Cl)N(C)C(C)C(C)C)N(C)C(=O)OC(C)(C)C. The molecule has 6 heteroatoms.